The molecule has 0 aliphatic carbocycles. The van der Waals surface area contributed by atoms with Gasteiger partial charge in [-0.15, -0.1) is 0 Å². The van der Waals surface area contributed by atoms with E-state index in [9.17, 15) is 9.59 Å². The van der Waals surface area contributed by atoms with Gasteiger partial charge in [0.15, 0.2) is 5.71 Å². The summed E-state index contributed by atoms with van der Waals surface area (Å²) in [6.07, 6.45) is 18.7. The lowest BCUT2D eigenvalue weighted by Gasteiger charge is -2.28. The summed E-state index contributed by atoms with van der Waals surface area (Å²) in [5.74, 6) is 0.205. The lowest BCUT2D eigenvalue weighted by Crippen LogP contribution is -2.33. The summed E-state index contributed by atoms with van der Waals surface area (Å²) in [4.78, 5) is 25.0. The maximum Gasteiger partial charge on any atom is 0.220 e. The molecule has 0 bridgehead atoms. The molecule has 40 heavy (non-hydrogen) atoms. The van der Waals surface area contributed by atoms with Crippen LogP contribution in [-0.2, 0) is 9.59 Å². The molecule has 3 aliphatic rings. The number of carbonyl (C=O) groups is 2. The lowest BCUT2D eigenvalue weighted by atomic mass is 9.78. The molecule has 7 heteroatoms. The average molecular weight is 549 g/mol. The molecule has 3 aliphatic heterocycles. The molecule has 2 amide bonds. The van der Waals surface area contributed by atoms with Crippen LogP contribution in [-0.4, -0.2) is 58.5 Å². The number of hydrogen-bond acceptors (Lipinski definition) is 4. The van der Waals surface area contributed by atoms with Gasteiger partial charge in [0.1, 0.15) is 6.54 Å². The minimum atomic E-state index is -0.284. The van der Waals surface area contributed by atoms with E-state index in [0.717, 1.165) is 80.7 Å². The molecule has 0 aromatic carbocycles. The Morgan fingerprint density at radius 2 is 1.88 bits per heavy atom. The monoisotopic (exact) mass is 548 g/mol. The number of nitrogens with one attached hydrogen (secondary N) is 2. The topological polar surface area (TPSA) is 76.8 Å². The number of allylic oxidation sites excluding steroid dienone is 7. The molecule has 0 aromatic heterocycles. The standard InChI is InChI=1S/C33H49N5O2/c1-7-38-30-18-11-8-10-17-29-24-25(2)27(4)37(29)23-15-9-12-19-32(40)35-26(3)16-13-14-22-34-31(39)20-21-33(30,6)28(5)36-38/h8,10-11,17-18,26H,2,4,7,9,12-16,19-24H2,1,3,5-6H3,(H-,34,35,39,40)/p+1. The van der Waals surface area contributed by atoms with Crippen molar-refractivity contribution in [2.75, 3.05) is 19.6 Å². The predicted octanol–water partition coefficient (Wildman–Crippen LogP) is 5.77. The minimum Gasteiger partial charge on any atom is -0.356 e. The zero-order chi connectivity index (χ0) is 29.1. The minimum absolute atomic E-state index is 0.0787. The summed E-state index contributed by atoms with van der Waals surface area (Å²) in [5.41, 5.74) is 5.14. The van der Waals surface area contributed by atoms with Crippen LogP contribution < -0.4 is 10.6 Å². The molecule has 218 valence electrons. The second-order valence-electron chi connectivity index (χ2n) is 11.5. The van der Waals surface area contributed by atoms with Crippen LogP contribution in [0.5, 0.6) is 0 Å². The van der Waals surface area contributed by atoms with Crippen LogP contribution in [0.15, 0.2) is 65.6 Å². The summed E-state index contributed by atoms with van der Waals surface area (Å²) in [7, 11) is 0. The maximum absolute atomic E-state index is 12.7. The van der Waals surface area contributed by atoms with Crippen LogP contribution in [0.1, 0.15) is 91.9 Å². The average Bonchev–Trinajstić information content (AvgIpc) is 3.32. The molecule has 0 aromatic rings. The molecule has 0 radical (unpaired) electrons. The van der Waals surface area contributed by atoms with Gasteiger partial charge in [0.05, 0.1) is 6.42 Å². The summed E-state index contributed by atoms with van der Waals surface area (Å²) >= 11 is 0. The van der Waals surface area contributed by atoms with E-state index in [1.165, 1.54) is 5.71 Å². The van der Waals surface area contributed by atoms with Gasteiger partial charge in [-0.1, -0.05) is 24.8 Å². The molecule has 2 N–H and O–H groups in total. The second-order valence-corrected chi connectivity index (χ2v) is 11.5. The van der Waals surface area contributed by atoms with Crippen molar-refractivity contribution in [1.29, 1.82) is 0 Å². The lowest BCUT2D eigenvalue weighted by molar-refractivity contribution is -0.467. The number of hydrogen-bond donors (Lipinski definition) is 2. The van der Waals surface area contributed by atoms with Gasteiger partial charge in [-0.25, -0.2) is 0 Å². The van der Waals surface area contributed by atoms with E-state index >= 15 is 0 Å². The normalized spacial score (nSPS) is 29.7. The SMILES string of the molecule is C=C1CC2=[N+](CCCCCC(=O)NC(C)CCCCNC(=O)CCC3(C)C(C)=NN(CC)/C3=C/C=C/C=C/2)C1=C. The van der Waals surface area contributed by atoms with E-state index in [4.69, 9.17) is 5.10 Å². The number of carbonyl (C=O) groups excluding carboxylic acids is 2. The molecule has 0 saturated carbocycles. The van der Waals surface area contributed by atoms with Crippen molar-refractivity contribution < 1.29 is 14.2 Å². The molecule has 3 rings (SSSR count). The van der Waals surface area contributed by atoms with Gasteiger partial charge >= 0.3 is 0 Å². The van der Waals surface area contributed by atoms with E-state index in [2.05, 4.69) is 91.5 Å². The van der Waals surface area contributed by atoms with Crippen molar-refractivity contribution in [3.8, 4) is 0 Å². The highest BCUT2D eigenvalue weighted by Crippen LogP contribution is 2.41. The van der Waals surface area contributed by atoms with Crippen molar-refractivity contribution in [2.45, 2.75) is 97.9 Å². The molecule has 0 fully saturated rings. The van der Waals surface area contributed by atoms with Crippen LogP contribution in [0.4, 0.5) is 0 Å². The Bertz CT molecular complexity index is 1130. The first-order valence-corrected chi connectivity index (χ1v) is 15.1. The van der Waals surface area contributed by atoms with E-state index in [1.54, 1.807) is 0 Å². The third-order valence-corrected chi connectivity index (χ3v) is 8.38. The van der Waals surface area contributed by atoms with Crippen LogP contribution in [0, 0.1) is 5.41 Å². The number of fused-ring (bicyclic) bond motifs is 1. The van der Waals surface area contributed by atoms with Gasteiger partial charge in [-0.3, -0.25) is 14.6 Å². The Balaban J connectivity index is 1.77. The fourth-order valence-corrected chi connectivity index (χ4v) is 5.63. The largest absolute Gasteiger partial charge is 0.356 e. The zero-order valence-electron chi connectivity index (χ0n) is 25.2. The molecule has 2 atom stereocenters. The Kier molecular flexibility index (Phi) is 11.7. The van der Waals surface area contributed by atoms with Gasteiger partial charge in [0.2, 0.25) is 17.5 Å². The highest BCUT2D eigenvalue weighted by Gasteiger charge is 2.40. The van der Waals surface area contributed by atoms with Gasteiger partial charge in [-0.05, 0) is 78.9 Å². The molecular formula is C33H50N5O2+. The first-order chi connectivity index (χ1) is 19.2. The van der Waals surface area contributed by atoms with Gasteiger partial charge < -0.3 is 10.6 Å². The molecular weight excluding hydrogens is 498 g/mol. The van der Waals surface area contributed by atoms with Crippen molar-refractivity contribution >= 4 is 23.2 Å². The van der Waals surface area contributed by atoms with E-state index in [0.29, 0.717) is 25.8 Å². The number of nitrogens with zero attached hydrogens (tertiary/aromatic N) is 3. The van der Waals surface area contributed by atoms with E-state index in [1.807, 2.05) is 0 Å². The Hall–Kier alpha value is -3.22. The van der Waals surface area contributed by atoms with Crippen LogP contribution in [0.3, 0.4) is 0 Å². The molecule has 7 nitrogen and oxygen atoms in total. The fraction of sp³-hybridized carbons (Fsp3) is 0.576. The van der Waals surface area contributed by atoms with Crippen molar-refractivity contribution in [3.63, 3.8) is 0 Å². The number of rotatable bonds is 1. The van der Waals surface area contributed by atoms with E-state index < -0.39 is 0 Å². The number of amides is 2. The van der Waals surface area contributed by atoms with Crippen molar-refractivity contribution in [3.05, 3.63) is 60.5 Å². The highest BCUT2D eigenvalue weighted by molar-refractivity contribution is 5.95. The highest BCUT2D eigenvalue weighted by atomic mass is 16.2. The predicted molar refractivity (Wildman–Crippen MR) is 165 cm³/mol. The zero-order valence-corrected chi connectivity index (χ0v) is 25.2. The molecule has 0 spiro atoms. The van der Waals surface area contributed by atoms with Crippen molar-refractivity contribution in [2.24, 2.45) is 10.5 Å². The third kappa shape index (κ3) is 8.39. The summed E-state index contributed by atoms with van der Waals surface area (Å²) in [5, 5.41) is 13.1. The number of hydrazone groups is 1. The first kappa shape index (κ1) is 31.3. The van der Waals surface area contributed by atoms with Crippen LogP contribution >= 0.6 is 0 Å². The fourth-order valence-electron chi connectivity index (χ4n) is 5.63. The van der Waals surface area contributed by atoms with Gasteiger partial charge in [-0.2, -0.15) is 9.68 Å². The summed E-state index contributed by atoms with van der Waals surface area (Å²) in [6, 6.07) is 0.144. The molecule has 3 heterocycles. The Morgan fingerprint density at radius 3 is 2.65 bits per heavy atom. The smallest absolute Gasteiger partial charge is 0.220 e. The van der Waals surface area contributed by atoms with Gasteiger partial charge in [0.25, 0.3) is 0 Å². The quantitative estimate of drug-likeness (QED) is 0.408. The molecule has 0 saturated heterocycles. The van der Waals surface area contributed by atoms with Crippen LogP contribution in [0.2, 0.25) is 0 Å². The summed E-state index contributed by atoms with van der Waals surface area (Å²) in [6.45, 7) is 19.2. The Labute approximate surface area is 241 Å². The third-order valence-electron chi connectivity index (χ3n) is 8.38. The van der Waals surface area contributed by atoms with Crippen molar-refractivity contribution in [1.82, 2.24) is 15.6 Å². The summed E-state index contributed by atoms with van der Waals surface area (Å²) < 4.78 is 2.27. The first-order valence-electron chi connectivity index (χ1n) is 15.1. The van der Waals surface area contributed by atoms with Crippen LogP contribution in [0.25, 0.3) is 0 Å². The van der Waals surface area contributed by atoms with Gasteiger partial charge in [0, 0.05) is 66.9 Å². The Morgan fingerprint density at radius 1 is 1.07 bits per heavy atom. The second kappa shape index (κ2) is 15.0. The molecule has 2 unspecified atom stereocenters. The maximum atomic E-state index is 12.7. The van der Waals surface area contributed by atoms with E-state index in [-0.39, 0.29) is 23.3 Å².